The number of amides is 9. The maximum atomic E-state index is 14.4. The van der Waals surface area contributed by atoms with Gasteiger partial charge in [0.25, 0.3) is 17.7 Å². The summed E-state index contributed by atoms with van der Waals surface area (Å²) >= 11 is 0. The molecule has 3 fully saturated rings. The van der Waals surface area contributed by atoms with Gasteiger partial charge in [-0.15, -0.1) is 0 Å². The van der Waals surface area contributed by atoms with Crippen LogP contribution >= 0.6 is 0 Å². The number of nitrogens with two attached hydrogens (primary N) is 6. The summed E-state index contributed by atoms with van der Waals surface area (Å²) in [6, 6.07) is 3.99. The Bertz CT molecular complexity index is 3990. The van der Waals surface area contributed by atoms with Gasteiger partial charge < -0.3 is 138 Å². The van der Waals surface area contributed by atoms with Crippen LogP contribution in [0.3, 0.4) is 0 Å². The molecule has 0 saturated heterocycles. The van der Waals surface area contributed by atoms with E-state index in [1.54, 1.807) is 0 Å². The Morgan fingerprint density at radius 1 is 0.496 bits per heavy atom. The summed E-state index contributed by atoms with van der Waals surface area (Å²) in [5.74, 6) is -10.8. The zero-order valence-corrected chi connectivity index (χ0v) is 70.2. The van der Waals surface area contributed by atoms with Crippen LogP contribution in [-0.4, -0.2) is 243 Å². The number of methoxy groups -OCH3 is 3. The van der Waals surface area contributed by atoms with E-state index in [4.69, 9.17) is 91.2 Å². The Morgan fingerprint density at radius 3 is 1.31 bits per heavy atom. The second-order valence-electron chi connectivity index (χ2n) is 30.7. The average molecular weight is 1710 g/mol. The molecule has 0 bridgehead atoms. The van der Waals surface area contributed by atoms with E-state index in [0.29, 0.717) is 38.5 Å². The normalized spacial score (nSPS) is 19.3. The maximum absolute atomic E-state index is 14.4. The molecule has 3 saturated carbocycles. The maximum Gasteiger partial charge on any atom is 0.323 e. The summed E-state index contributed by atoms with van der Waals surface area (Å²) in [7, 11) is 3.87. The van der Waals surface area contributed by atoms with Gasteiger partial charge in [-0.1, -0.05) is 52.9 Å². The van der Waals surface area contributed by atoms with Gasteiger partial charge in [-0.05, 0) is 137 Å². The number of nitrogens with one attached hydrogen (secondary N) is 6. The first-order valence-corrected chi connectivity index (χ1v) is 40.9. The molecular formula is C82H124N12O27. The SMILES string of the molecule is CCCCCC[C@](C)(OC(=O)[C@H](N)CC(=O)NCCOCCOCC(=O)Nc1ccc(OC)c(C(N)=O)c1O)[C@H]1CC[C@H]2[C@@H]3C[C@H](OC(=O)[C@@H](N)CC(=O)NCCOCCOCC(=O)Nc4ccc(OC)c(C(N)=O)c4O)[C@@H](C[C@H](CCCC)OC(=O)[C@@H](N)CC(=O)NCCOCCOCC(=O)Nc4ccc(OC)c(C(N)=O)c4O)C[C@H]3CC[C@@]21C. The van der Waals surface area contributed by atoms with Gasteiger partial charge >= 0.3 is 17.9 Å². The first-order chi connectivity index (χ1) is 57.7. The van der Waals surface area contributed by atoms with Crippen molar-refractivity contribution in [1.29, 1.82) is 0 Å². The topological polar surface area (TPSA) is 605 Å². The monoisotopic (exact) mass is 1710 g/mol. The number of phenols is 3. The first kappa shape index (κ1) is 99.6. The van der Waals surface area contributed by atoms with Crippen molar-refractivity contribution in [3.05, 3.63) is 53.1 Å². The number of hydrogen-bond acceptors (Lipinski definition) is 30. The molecule has 0 aliphatic heterocycles. The fourth-order valence-corrected chi connectivity index (χ4v) is 16.2. The number of primary amides is 3. The minimum Gasteiger partial charge on any atom is -0.505 e. The van der Waals surface area contributed by atoms with Gasteiger partial charge in [0.15, 0.2) is 17.2 Å². The van der Waals surface area contributed by atoms with Crippen molar-refractivity contribution in [2.45, 2.75) is 179 Å². The third kappa shape index (κ3) is 30.4. The van der Waals surface area contributed by atoms with Gasteiger partial charge in [-0.2, -0.15) is 0 Å². The number of fused-ring (bicyclic) bond motifs is 3. The van der Waals surface area contributed by atoms with Crippen molar-refractivity contribution >= 4 is 88.1 Å². The standard InChI is InChI=1S/C82H124N12O27/c1-8-10-12-13-24-82(4,121-80(109)54(85)43-65(97)91-28-31-115-34-37-118-46-68(100)94-57-18-21-60(112-7)71(74(57)103)77(88)106)62-22-15-51-50-40-61(120-79(108)53(84)42-64(96)90-27-30-114-33-36-117-45-67(99)93-56-17-20-59(111-6)70(73(56)102)76(87)105)48(38-47(50)23-25-81(51,62)3)39-49(14-11-9-2)119-78(107)52(83)41-63(95)89-26-29-113-32-35-116-44-66(98)92-55-16-19-58(110-5)69(72(55)101)75(86)104/h16-21,47-54,61-62,101-103H,8-15,22-46,83-85H2,1-7H3,(H2,86,104)(H2,87,105)(H2,88,106)(H,89,95)(H,90,96)(H,91,97)(H,92,98)(H,93,99)(H,94,100)/t47-,48-,49+,50-,51+,52+,53+,54-,61+,62+,81+,82+/m1/s1. The molecule has 0 unspecified atom stereocenters. The van der Waals surface area contributed by atoms with Crippen LogP contribution < -0.4 is 80.5 Å². The van der Waals surface area contributed by atoms with Crippen LogP contribution in [0.15, 0.2) is 36.4 Å². The quantitative estimate of drug-likeness (QED) is 0.0167. The van der Waals surface area contributed by atoms with Gasteiger partial charge in [-0.3, -0.25) is 57.5 Å². The van der Waals surface area contributed by atoms with E-state index in [9.17, 15) is 72.9 Å². The van der Waals surface area contributed by atoms with Gasteiger partial charge in [0.1, 0.15) is 89.7 Å². The second kappa shape index (κ2) is 50.2. The number of rotatable bonds is 56. The Kier molecular flexibility index (Phi) is 41.3. The predicted molar refractivity (Wildman–Crippen MR) is 438 cm³/mol. The molecule has 3 aliphatic rings. The van der Waals surface area contributed by atoms with Gasteiger partial charge in [0, 0.05) is 25.6 Å². The lowest BCUT2D eigenvalue weighted by molar-refractivity contribution is -0.179. The average Bonchev–Trinajstić information content (AvgIpc) is 1.61. The molecule has 121 heavy (non-hydrogen) atoms. The van der Waals surface area contributed by atoms with Crippen molar-refractivity contribution in [2.24, 2.45) is 69.4 Å². The zero-order valence-electron chi connectivity index (χ0n) is 70.2. The van der Waals surface area contributed by atoms with E-state index in [2.05, 4.69) is 45.7 Å². The van der Waals surface area contributed by atoms with E-state index in [-0.39, 0.29) is 173 Å². The van der Waals surface area contributed by atoms with Crippen LogP contribution in [0.5, 0.6) is 34.5 Å². The molecule has 39 heteroatoms. The molecule has 3 aliphatic carbocycles. The predicted octanol–water partition coefficient (Wildman–Crippen LogP) is 3.09. The van der Waals surface area contributed by atoms with Gasteiger partial charge in [-0.25, -0.2) is 0 Å². The Balaban J connectivity index is 1.04. The molecule has 6 rings (SSSR count). The van der Waals surface area contributed by atoms with Crippen LogP contribution in [0.25, 0.3) is 0 Å². The number of unbranched alkanes of at least 4 members (excludes halogenated alkanes) is 4. The second-order valence-corrected chi connectivity index (χ2v) is 30.7. The molecule has 21 N–H and O–H groups in total. The third-order valence-corrected chi connectivity index (χ3v) is 22.1. The number of anilines is 3. The van der Waals surface area contributed by atoms with Crippen LogP contribution in [0.1, 0.15) is 174 Å². The molecule has 9 amide bonds. The largest absolute Gasteiger partial charge is 0.505 e. The highest BCUT2D eigenvalue weighted by Gasteiger charge is 2.61. The Labute approximate surface area is 703 Å². The number of hydrogen-bond donors (Lipinski definition) is 15. The van der Waals surface area contributed by atoms with Gasteiger partial charge in [0.2, 0.25) is 35.4 Å². The molecule has 674 valence electrons. The van der Waals surface area contributed by atoms with Crippen molar-refractivity contribution in [3.8, 4) is 34.5 Å². The molecule has 0 spiro atoms. The van der Waals surface area contributed by atoms with E-state index in [1.165, 1.54) is 57.7 Å². The van der Waals surface area contributed by atoms with Crippen LogP contribution in [0.4, 0.5) is 17.1 Å². The molecule has 0 heterocycles. The Hall–Kier alpha value is -10.3. The number of benzene rings is 3. The minimum atomic E-state index is -1.40. The van der Waals surface area contributed by atoms with Crippen molar-refractivity contribution in [2.75, 3.05) is 136 Å². The van der Waals surface area contributed by atoms with Gasteiger partial charge in [0.05, 0.1) is 117 Å². The number of esters is 3. The zero-order chi connectivity index (χ0) is 88.9. The molecule has 3 aromatic carbocycles. The fourth-order valence-electron chi connectivity index (χ4n) is 16.2. The minimum absolute atomic E-state index is 0.00567. The molecule has 0 radical (unpaired) electrons. The molecule has 39 nitrogen and oxygen atoms in total. The number of carbonyl (C=O) groups excluding carboxylic acids is 12. The van der Waals surface area contributed by atoms with E-state index in [0.717, 1.165) is 51.4 Å². The molecule has 0 aromatic heterocycles. The van der Waals surface area contributed by atoms with Crippen molar-refractivity contribution in [1.82, 2.24) is 16.0 Å². The summed E-state index contributed by atoms with van der Waals surface area (Å²) < 4.78 is 67.2. The smallest absolute Gasteiger partial charge is 0.323 e. The summed E-state index contributed by atoms with van der Waals surface area (Å²) in [6.45, 7) is 7.28. The lowest BCUT2D eigenvalue weighted by Gasteiger charge is -2.55. The molecule has 3 aromatic rings. The number of ether oxygens (including phenoxy) is 12. The third-order valence-electron chi connectivity index (χ3n) is 22.1. The highest BCUT2D eigenvalue weighted by atomic mass is 16.6. The number of carbonyl (C=O) groups is 12. The highest BCUT2D eigenvalue weighted by Crippen LogP contribution is 2.65. The lowest BCUT2D eigenvalue weighted by Crippen LogP contribution is -2.54. The summed E-state index contributed by atoms with van der Waals surface area (Å²) in [4.78, 5) is 156. The molecule has 12 atom stereocenters. The van der Waals surface area contributed by atoms with Crippen molar-refractivity contribution in [3.63, 3.8) is 0 Å². The fraction of sp³-hybridized carbons (Fsp3) is 0.634. The molecular weight excluding hydrogens is 1580 g/mol. The van der Waals surface area contributed by atoms with E-state index >= 15 is 0 Å². The Morgan fingerprint density at radius 2 is 0.901 bits per heavy atom. The van der Waals surface area contributed by atoms with E-state index < -0.39 is 162 Å². The van der Waals surface area contributed by atoms with Crippen LogP contribution in [0, 0.1) is 35.0 Å². The first-order valence-electron chi connectivity index (χ1n) is 40.9. The van der Waals surface area contributed by atoms with E-state index in [1.807, 2.05) is 13.8 Å². The summed E-state index contributed by atoms with van der Waals surface area (Å²) in [5.41, 5.74) is 32.9. The highest BCUT2D eigenvalue weighted by molar-refractivity contribution is 6.05. The van der Waals surface area contributed by atoms with Crippen LogP contribution in [0.2, 0.25) is 0 Å². The van der Waals surface area contributed by atoms with Crippen LogP contribution in [-0.2, 0) is 85.8 Å². The van der Waals surface area contributed by atoms with Crippen molar-refractivity contribution < 1.29 is 130 Å². The summed E-state index contributed by atoms with van der Waals surface area (Å²) in [6.07, 6.45) is 7.40. The lowest BCUT2D eigenvalue weighted by atomic mass is 9.51. The summed E-state index contributed by atoms with van der Waals surface area (Å²) in [5, 5.41) is 46.9. The number of aromatic hydroxyl groups is 3.